The van der Waals surface area contributed by atoms with Crippen molar-refractivity contribution in [3.8, 4) is 0 Å². The van der Waals surface area contributed by atoms with Gasteiger partial charge in [-0.05, 0) is 48.1 Å². The van der Waals surface area contributed by atoms with Gasteiger partial charge >= 0.3 is 6.09 Å². The van der Waals surface area contributed by atoms with Crippen molar-refractivity contribution < 1.29 is 9.53 Å². The molecule has 0 unspecified atom stereocenters. The van der Waals surface area contributed by atoms with Crippen LogP contribution in [0.25, 0.3) is 0 Å². The van der Waals surface area contributed by atoms with Crippen molar-refractivity contribution in [3.05, 3.63) is 70.8 Å². The summed E-state index contributed by atoms with van der Waals surface area (Å²) in [6.45, 7) is 2.98. The number of carbonyl (C=O) groups is 1. The van der Waals surface area contributed by atoms with Crippen LogP contribution in [-0.4, -0.2) is 19.2 Å². The Balaban J connectivity index is 1.35. The number of amides is 1. The molecule has 0 atom stereocenters. The lowest BCUT2D eigenvalue weighted by Gasteiger charge is -2.17. The third-order valence-electron chi connectivity index (χ3n) is 4.28. The summed E-state index contributed by atoms with van der Waals surface area (Å²) in [6, 6.07) is 16.4. The van der Waals surface area contributed by atoms with Gasteiger partial charge in [0.15, 0.2) is 0 Å². The van der Waals surface area contributed by atoms with E-state index >= 15 is 0 Å². The van der Waals surface area contributed by atoms with Crippen molar-refractivity contribution in [2.75, 3.05) is 13.1 Å². The Bertz CT molecular complexity index is 671. The first kappa shape index (κ1) is 16.5. The Morgan fingerprint density at radius 2 is 1.96 bits per heavy atom. The van der Waals surface area contributed by atoms with Gasteiger partial charge in [0, 0.05) is 13.1 Å². The van der Waals surface area contributed by atoms with Crippen LogP contribution in [0.4, 0.5) is 4.79 Å². The Labute approximate surface area is 143 Å². The number of alkyl carbamates (subject to hydrolysis) is 1. The summed E-state index contributed by atoms with van der Waals surface area (Å²) in [5.74, 6) is 0. The van der Waals surface area contributed by atoms with Crippen molar-refractivity contribution in [3.63, 3.8) is 0 Å². The molecule has 126 valence electrons. The molecule has 0 saturated carbocycles. The summed E-state index contributed by atoms with van der Waals surface area (Å²) < 4.78 is 5.20. The number of carbonyl (C=O) groups excluding carboxylic acids is 1. The SMILES string of the molecule is O=C(NCCCc1ccc2c(c1)CCNC2)OCc1ccccc1. The van der Waals surface area contributed by atoms with Gasteiger partial charge in [-0.1, -0.05) is 48.5 Å². The molecule has 0 aromatic heterocycles. The number of ether oxygens (including phenoxy) is 1. The van der Waals surface area contributed by atoms with Crippen LogP contribution in [-0.2, 0) is 30.7 Å². The van der Waals surface area contributed by atoms with Crippen LogP contribution in [0.15, 0.2) is 48.5 Å². The lowest BCUT2D eigenvalue weighted by molar-refractivity contribution is 0.139. The van der Waals surface area contributed by atoms with Crippen molar-refractivity contribution in [1.29, 1.82) is 0 Å². The largest absolute Gasteiger partial charge is 0.445 e. The zero-order valence-corrected chi connectivity index (χ0v) is 13.9. The maximum absolute atomic E-state index is 11.7. The van der Waals surface area contributed by atoms with Gasteiger partial charge in [0.25, 0.3) is 0 Å². The highest BCUT2D eigenvalue weighted by molar-refractivity contribution is 5.67. The fourth-order valence-corrected chi connectivity index (χ4v) is 2.94. The maximum atomic E-state index is 11.7. The molecule has 0 fully saturated rings. The van der Waals surface area contributed by atoms with E-state index in [2.05, 4.69) is 28.8 Å². The molecular formula is C20H24N2O2. The first-order valence-electron chi connectivity index (χ1n) is 8.57. The number of nitrogens with one attached hydrogen (secondary N) is 2. The highest BCUT2D eigenvalue weighted by Gasteiger charge is 2.08. The maximum Gasteiger partial charge on any atom is 0.407 e. The Hall–Kier alpha value is -2.33. The van der Waals surface area contributed by atoms with Crippen LogP contribution >= 0.6 is 0 Å². The molecular weight excluding hydrogens is 300 g/mol. The van der Waals surface area contributed by atoms with Crippen LogP contribution in [0.2, 0.25) is 0 Å². The topological polar surface area (TPSA) is 50.4 Å². The second-order valence-electron chi connectivity index (χ2n) is 6.12. The molecule has 24 heavy (non-hydrogen) atoms. The van der Waals surface area contributed by atoms with Gasteiger partial charge in [-0.3, -0.25) is 0 Å². The molecule has 0 aliphatic carbocycles. The number of hydrogen-bond donors (Lipinski definition) is 2. The molecule has 2 N–H and O–H groups in total. The third-order valence-corrected chi connectivity index (χ3v) is 4.28. The van der Waals surface area contributed by atoms with E-state index < -0.39 is 0 Å². The Morgan fingerprint density at radius 3 is 2.83 bits per heavy atom. The lowest BCUT2D eigenvalue weighted by Crippen LogP contribution is -2.25. The zero-order chi connectivity index (χ0) is 16.6. The van der Waals surface area contributed by atoms with Gasteiger partial charge in [0.05, 0.1) is 0 Å². The Kier molecular flexibility index (Phi) is 5.85. The first-order chi connectivity index (χ1) is 11.8. The normalized spacial score (nSPS) is 13.2. The minimum absolute atomic E-state index is 0.311. The van der Waals surface area contributed by atoms with Crippen molar-refractivity contribution in [2.45, 2.75) is 32.4 Å². The summed E-state index contributed by atoms with van der Waals surface area (Å²) in [7, 11) is 0. The average Bonchev–Trinajstić information content (AvgIpc) is 2.64. The molecule has 2 aromatic rings. The highest BCUT2D eigenvalue weighted by atomic mass is 16.5. The number of rotatable bonds is 6. The summed E-state index contributed by atoms with van der Waals surface area (Å²) in [5, 5.41) is 6.20. The van der Waals surface area contributed by atoms with Gasteiger partial charge in [-0.2, -0.15) is 0 Å². The second-order valence-corrected chi connectivity index (χ2v) is 6.12. The van der Waals surface area contributed by atoms with Gasteiger partial charge in [0.1, 0.15) is 6.61 Å². The number of hydrogen-bond acceptors (Lipinski definition) is 3. The van der Waals surface area contributed by atoms with Gasteiger partial charge in [0.2, 0.25) is 0 Å². The van der Waals surface area contributed by atoms with E-state index in [1.165, 1.54) is 16.7 Å². The van der Waals surface area contributed by atoms with Crippen molar-refractivity contribution in [2.24, 2.45) is 0 Å². The van der Waals surface area contributed by atoms with E-state index in [-0.39, 0.29) is 6.09 Å². The molecule has 0 bridgehead atoms. The van der Waals surface area contributed by atoms with E-state index in [1.807, 2.05) is 30.3 Å². The summed E-state index contributed by atoms with van der Waals surface area (Å²) in [4.78, 5) is 11.7. The summed E-state index contributed by atoms with van der Waals surface area (Å²) in [6.07, 6.45) is 2.64. The summed E-state index contributed by atoms with van der Waals surface area (Å²) in [5.41, 5.74) is 5.21. The smallest absolute Gasteiger partial charge is 0.407 e. The van der Waals surface area contributed by atoms with Gasteiger partial charge < -0.3 is 15.4 Å². The lowest BCUT2D eigenvalue weighted by atomic mass is 9.97. The monoisotopic (exact) mass is 324 g/mol. The standard InChI is InChI=1S/C20H24N2O2/c23-20(24-15-17-5-2-1-3-6-17)22-11-4-7-16-8-9-19-14-21-12-10-18(19)13-16/h1-3,5-6,8-9,13,21H,4,7,10-12,14-15H2,(H,22,23). The molecule has 4 heteroatoms. The van der Waals surface area contributed by atoms with Gasteiger partial charge in [-0.15, -0.1) is 0 Å². The number of benzene rings is 2. The van der Waals surface area contributed by atoms with Crippen LogP contribution < -0.4 is 10.6 Å². The van der Waals surface area contributed by atoms with Crippen molar-refractivity contribution in [1.82, 2.24) is 10.6 Å². The average molecular weight is 324 g/mol. The van der Waals surface area contributed by atoms with E-state index in [9.17, 15) is 4.79 Å². The molecule has 1 aliphatic heterocycles. The van der Waals surface area contributed by atoms with Crippen LogP contribution in [0.1, 0.15) is 28.7 Å². The van der Waals surface area contributed by atoms with Gasteiger partial charge in [-0.25, -0.2) is 4.79 Å². The van der Waals surface area contributed by atoms with Crippen LogP contribution in [0.5, 0.6) is 0 Å². The predicted octanol–water partition coefficient (Wildman–Crippen LogP) is 3.19. The fraction of sp³-hybridized carbons (Fsp3) is 0.350. The molecule has 2 aromatic carbocycles. The van der Waals surface area contributed by atoms with Crippen molar-refractivity contribution >= 4 is 6.09 Å². The minimum Gasteiger partial charge on any atom is -0.445 e. The van der Waals surface area contributed by atoms with Crippen LogP contribution in [0.3, 0.4) is 0 Å². The number of aryl methyl sites for hydroxylation is 1. The molecule has 1 amide bonds. The summed E-state index contributed by atoms with van der Waals surface area (Å²) >= 11 is 0. The highest BCUT2D eigenvalue weighted by Crippen LogP contribution is 2.16. The zero-order valence-electron chi connectivity index (χ0n) is 13.9. The molecule has 3 rings (SSSR count). The molecule has 0 radical (unpaired) electrons. The van der Waals surface area contributed by atoms with E-state index in [1.54, 1.807) is 0 Å². The molecule has 4 nitrogen and oxygen atoms in total. The Morgan fingerprint density at radius 1 is 1.08 bits per heavy atom. The van der Waals surface area contributed by atoms with E-state index in [0.29, 0.717) is 13.2 Å². The molecule has 1 aliphatic rings. The predicted molar refractivity (Wildman–Crippen MR) is 94.8 cm³/mol. The minimum atomic E-state index is -0.352. The molecule has 1 heterocycles. The third kappa shape index (κ3) is 4.83. The quantitative estimate of drug-likeness (QED) is 0.802. The van der Waals surface area contributed by atoms with Crippen LogP contribution in [0, 0.1) is 0 Å². The van der Waals surface area contributed by atoms with E-state index in [0.717, 1.165) is 37.9 Å². The number of fused-ring (bicyclic) bond motifs is 1. The molecule has 0 saturated heterocycles. The fourth-order valence-electron chi connectivity index (χ4n) is 2.94. The first-order valence-corrected chi connectivity index (χ1v) is 8.57. The van der Waals surface area contributed by atoms with E-state index in [4.69, 9.17) is 4.74 Å². The second kappa shape index (κ2) is 8.50. The molecule has 0 spiro atoms.